The fraction of sp³-hybridized carbons (Fsp3) is 0.350. The number of amides is 1. The highest BCUT2D eigenvalue weighted by molar-refractivity contribution is 7.89. The van der Waals surface area contributed by atoms with Crippen LogP contribution in [-0.4, -0.2) is 25.7 Å². The van der Waals surface area contributed by atoms with E-state index in [1.165, 1.54) is 28.9 Å². The normalized spacial score (nSPS) is 12.2. The maximum atomic E-state index is 12.7. The molecule has 0 saturated heterocycles. The van der Waals surface area contributed by atoms with Crippen molar-refractivity contribution in [3.63, 3.8) is 0 Å². The van der Waals surface area contributed by atoms with Gasteiger partial charge in [-0.1, -0.05) is 45.0 Å². The summed E-state index contributed by atoms with van der Waals surface area (Å²) in [7, 11) is -2.04. The number of carbonyl (C=O) groups is 1. The van der Waals surface area contributed by atoms with E-state index in [0.29, 0.717) is 12.2 Å². The van der Waals surface area contributed by atoms with Crippen LogP contribution in [0.1, 0.15) is 38.8 Å². The van der Waals surface area contributed by atoms with Crippen LogP contribution in [-0.2, 0) is 26.8 Å². The van der Waals surface area contributed by atoms with Crippen molar-refractivity contribution in [2.24, 2.45) is 0 Å². The van der Waals surface area contributed by atoms with Gasteiger partial charge in [-0.3, -0.25) is 4.79 Å². The predicted octanol–water partition coefficient (Wildman–Crippen LogP) is 3.76. The largest absolute Gasteiger partial charge is 0.326 e. The second kappa shape index (κ2) is 7.60. The summed E-state index contributed by atoms with van der Waals surface area (Å²) in [5.41, 5.74) is 2.77. The van der Waals surface area contributed by atoms with Crippen LogP contribution in [0.5, 0.6) is 0 Å². The molecule has 0 unspecified atom stereocenters. The minimum absolute atomic E-state index is 0.0617. The number of carbonyl (C=O) groups excluding carboxylic acids is 1. The third-order valence-corrected chi connectivity index (χ3v) is 5.93. The summed E-state index contributed by atoms with van der Waals surface area (Å²) in [5.74, 6) is -0.198. The summed E-state index contributed by atoms with van der Waals surface area (Å²) in [6.45, 7) is 8.12. The fourth-order valence-electron chi connectivity index (χ4n) is 2.55. The molecule has 26 heavy (non-hydrogen) atoms. The molecule has 0 heterocycles. The minimum Gasteiger partial charge on any atom is -0.326 e. The van der Waals surface area contributed by atoms with Crippen LogP contribution in [0.4, 0.5) is 5.69 Å². The first kappa shape index (κ1) is 20.1. The molecule has 0 fully saturated rings. The van der Waals surface area contributed by atoms with E-state index < -0.39 is 10.0 Å². The van der Waals surface area contributed by atoms with E-state index in [1.807, 2.05) is 24.3 Å². The van der Waals surface area contributed by atoms with E-state index in [0.717, 1.165) is 5.56 Å². The second-order valence-electron chi connectivity index (χ2n) is 7.41. The molecule has 140 valence electrons. The van der Waals surface area contributed by atoms with Crippen molar-refractivity contribution in [1.82, 2.24) is 4.31 Å². The molecule has 0 aliphatic carbocycles. The lowest BCUT2D eigenvalue weighted by Crippen LogP contribution is -2.26. The lowest BCUT2D eigenvalue weighted by atomic mass is 9.87. The quantitative estimate of drug-likeness (QED) is 0.866. The summed E-state index contributed by atoms with van der Waals surface area (Å²) < 4.78 is 26.8. The summed E-state index contributed by atoms with van der Waals surface area (Å²) in [4.78, 5) is 11.2. The van der Waals surface area contributed by atoms with E-state index >= 15 is 0 Å². The van der Waals surface area contributed by atoms with Gasteiger partial charge in [0.15, 0.2) is 0 Å². The van der Waals surface area contributed by atoms with E-state index in [2.05, 4.69) is 26.1 Å². The number of nitrogens with one attached hydrogen (secondary N) is 1. The van der Waals surface area contributed by atoms with Crippen molar-refractivity contribution in [1.29, 1.82) is 0 Å². The van der Waals surface area contributed by atoms with Crippen LogP contribution >= 0.6 is 0 Å². The number of hydrogen-bond donors (Lipinski definition) is 1. The van der Waals surface area contributed by atoms with Crippen LogP contribution in [0.3, 0.4) is 0 Å². The van der Waals surface area contributed by atoms with Crippen LogP contribution < -0.4 is 5.32 Å². The van der Waals surface area contributed by atoms with Crippen LogP contribution in [0.15, 0.2) is 53.4 Å². The molecule has 2 aromatic carbocycles. The molecule has 6 heteroatoms. The third-order valence-electron chi connectivity index (χ3n) is 4.11. The molecule has 1 amide bonds. The van der Waals surface area contributed by atoms with Gasteiger partial charge in [-0.15, -0.1) is 0 Å². The van der Waals surface area contributed by atoms with E-state index in [-0.39, 0.29) is 16.2 Å². The second-order valence-corrected chi connectivity index (χ2v) is 9.46. The molecule has 0 radical (unpaired) electrons. The van der Waals surface area contributed by atoms with Gasteiger partial charge in [0.05, 0.1) is 4.90 Å². The Labute approximate surface area is 156 Å². The zero-order valence-electron chi connectivity index (χ0n) is 15.9. The number of nitrogens with zero attached hydrogens (tertiary/aromatic N) is 1. The number of anilines is 1. The Kier molecular flexibility index (Phi) is 5.88. The maximum Gasteiger partial charge on any atom is 0.243 e. The van der Waals surface area contributed by atoms with Crippen molar-refractivity contribution in [3.8, 4) is 0 Å². The molecular formula is C20H26N2O3S. The molecule has 2 aromatic rings. The summed E-state index contributed by atoms with van der Waals surface area (Å²) >= 11 is 0. The zero-order chi connectivity index (χ0) is 19.5. The SMILES string of the molecule is CC(=O)Nc1ccc(S(=O)(=O)N(C)Cc2ccc(C(C)(C)C)cc2)cc1. The number of benzene rings is 2. The van der Waals surface area contributed by atoms with Crippen LogP contribution in [0.25, 0.3) is 0 Å². The van der Waals surface area contributed by atoms with Crippen molar-refractivity contribution in [3.05, 3.63) is 59.7 Å². The fourth-order valence-corrected chi connectivity index (χ4v) is 3.70. The topological polar surface area (TPSA) is 66.5 Å². The first-order chi connectivity index (χ1) is 12.0. The molecule has 0 spiro atoms. The molecule has 0 aliphatic rings. The Morgan fingerprint density at radius 3 is 2.00 bits per heavy atom. The average molecular weight is 375 g/mol. The van der Waals surface area contributed by atoms with E-state index in [4.69, 9.17) is 0 Å². The summed E-state index contributed by atoms with van der Waals surface area (Å²) in [6, 6.07) is 14.2. The van der Waals surface area contributed by atoms with Crippen molar-refractivity contribution in [2.75, 3.05) is 12.4 Å². The van der Waals surface area contributed by atoms with Crippen LogP contribution in [0.2, 0.25) is 0 Å². The molecule has 2 rings (SSSR count). The van der Waals surface area contributed by atoms with Gasteiger partial charge in [-0.2, -0.15) is 4.31 Å². The molecular weight excluding hydrogens is 348 g/mol. The molecule has 1 N–H and O–H groups in total. The first-order valence-electron chi connectivity index (χ1n) is 8.43. The lowest BCUT2D eigenvalue weighted by Gasteiger charge is -2.21. The Bertz CT molecular complexity index is 865. The molecule has 0 aromatic heterocycles. The number of hydrogen-bond acceptors (Lipinski definition) is 3. The molecule has 0 aliphatic heterocycles. The van der Waals surface area contributed by atoms with Crippen molar-refractivity contribution in [2.45, 2.75) is 44.6 Å². The highest BCUT2D eigenvalue weighted by atomic mass is 32.2. The van der Waals surface area contributed by atoms with Gasteiger partial charge in [0.1, 0.15) is 0 Å². The highest BCUT2D eigenvalue weighted by Crippen LogP contribution is 2.23. The van der Waals surface area contributed by atoms with Crippen molar-refractivity contribution < 1.29 is 13.2 Å². The Morgan fingerprint density at radius 1 is 1.00 bits per heavy atom. The average Bonchev–Trinajstić information content (AvgIpc) is 2.54. The highest BCUT2D eigenvalue weighted by Gasteiger charge is 2.21. The molecule has 5 nitrogen and oxygen atoms in total. The van der Waals surface area contributed by atoms with Gasteiger partial charge in [0, 0.05) is 26.2 Å². The lowest BCUT2D eigenvalue weighted by molar-refractivity contribution is -0.114. The number of rotatable bonds is 5. The van der Waals surface area contributed by atoms with E-state index in [9.17, 15) is 13.2 Å². The van der Waals surface area contributed by atoms with Gasteiger partial charge < -0.3 is 5.32 Å². The zero-order valence-corrected chi connectivity index (χ0v) is 16.7. The van der Waals surface area contributed by atoms with Gasteiger partial charge in [0.25, 0.3) is 0 Å². The monoisotopic (exact) mass is 374 g/mol. The first-order valence-corrected chi connectivity index (χ1v) is 9.87. The van der Waals surface area contributed by atoms with Gasteiger partial charge in [0.2, 0.25) is 15.9 Å². The molecule has 0 atom stereocenters. The third kappa shape index (κ3) is 4.93. The smallest absolute Gasteiger partial charge is 0.243 e. The Hall–Kier alpha value is -2.18. The number of sulfonamides is 1. The standard InChI is InChI=1S/C20H26N2O3S/c1-15(23)21-18-10-12-19(13-11-18)26(24,25)22(5)14-16-6-8-17(9-7-16)20(2,3)4/h6-13H,14H2,1-5H3,(H,21,23). The predicted molar refractivity (Wildman–Crippen MR) is 105 cm³/mol. The van der Waals surface area contributed by atoms with E-state index in [1.54, 1.807) is 19.2 Å². The van der Waals surface area contributed by atoms with Gasteiger partial charge in [-0.25, -0.2) is 8.42 Å². The van der Waals surface area contributed by atoms with Gasteiger partial charge >= 0.3 is 0 Å². The molecule has 0 saturated carbocycles. The summed E-state index contributed by atoms with van der Waals surface area (Å²) in [5, 5.41) is 2.62. The molecule has 0 bridgehead atoms. The van der Waals surface area contributed by atoms with Crippen LogP contribution in [0, 0.1) is 0 Å². The summed E-state index contributed by atoms with van der Waals surface area (Å²) in [6.07, 6.45) is 0. The minimum atomic E-state index is -3.60. The maximum absolute atomic E-state index is 12.7. The Morgan fingerprint density at radius 2 is 1.54 bits per heavy atom. The van der Waals surface area contributed by atoms with Crippen molar-refractivity contribution >= 4 is 21.6 Å². The Balaban J connectivity index is 2.14. The van der Waals surface area contributed by atoms with Gasteiger partial charge in [-0.05, 0) is 40.8 Å².